The highest BCUT2D eigenvalue weighted by atomic mass is 35.5. The van der Waals surface area contributed by atoms with Gasteiger partial charge in [0.2, 0.25) is 0 Å². The Labute approximate surface area is 112 Å². The number of halogens is 2. The Hall–Kier alpha value is 0.200. The Kier molecular flexibility index (Phi) is 3.77. The first-order chi connectivity index (χ1) is 8.05. The number of aliphatic hydroxyl groups excluding tert-OH is 1. The summed E-state index contributed by atoms with van der Waals surface area (Å²) < 4.78 is 11.1. The van der Waals surface area contributed by atoms with Crippen LogP contribution in [0.2, 0.25) is 0 Å². The van der Waals surface area contributed by atoms with Crippen LogP contribution in [0.25, 0.3) is 0 Å². The van der Waals surface area contributed by atoms with E-state index in [1.54, 1.807) is 14.2 Å². The van der Waals surface area contributed by atoms with Crippen LogP contribution >= 0.6 is 23.2 Å². The molecular formula is C12H18Cl2O3. The normalized spacial score (nSPS) is 39.2. The zero-order chi connectivity index (χ0) is 12.8. The molecule has 2 bridgehead atoms. The smallest absolute Gasteiger partial charge is 0.185 e. The summed E-state index contributed by atoms with van der Waals surface area (Å²) in [5, 5.41) is 11.4. The molecule has 0 aromatic rings. The number of ether oxygens (including phenoxy) is 2. The van der Waals surface area contributed by atoms with E-state index in [1.165, 1.54) is 0 Å². The summed E-state index contributed by atoms with van der Waals surface area (Å²) >= 11 is 12.5. The van der Waals surface area contributed by atoms with Crippen LogP contribution in [-0.2, 0) is 9.47 Å². The molecule has 5 heteroatoms. The molecule has 2 aliphatic rings. The largest absolute Gasteiger partial charge is 0.392 e. The average molecular weight is 281 g/mol. The average Bonchev–Trinajstić information content (AvgIpc) is 2.69. The molecule has 17 heavy (non-hydrogen) atoms. The van der Waals surface area contributed by atoms with Crippen LogP contribution in [-0.4, -0.2) is 31.2 Å². The van der Waals surface area contributed by atoms with Crippen molar-refractivity contribution in [3.05, 3.63) is 10.1 Å². The molecule has 0 aliphatic heterocycles. The van der Waals surface area contributed by atoms with Gasteiger partial charge in [-0.15, -0.1) is 0 Å². The number of methoxy groups -OCH3 is 2. The zero-order valence-corrected chi connectivity index (χ0v) is 11.8. The highest BCUT2D eigenvalue weighted by Crippen LogP contribution is 2.62. The van der Waals surface area contributed by atoms with E-state index in [1.807, 2.05) is 0 Å². The predicted molar refractivity (Wildman–Crippen MR) is 66.9 cm³/mol. The molecule has 3 nitrogen and oxygen atoms in total. The molecule has 0 saturated heterocycles. The van der Waals surface area contributed by atoms with Gasteiger partial charge in [-0.1, -0.05) is 36.5 Å². The molecule has 1 fully saturated rings. The summed E-state index contributed by atoms with van der Waals surface area (Å²) in [6.07, 6.45) is 1.32. The molecule has 2 rings (SSSR count). The second-order valence-corrected chi connectivity index (χ2v) is 5.54. The first-order valence-electron chi connectivity index (χ1n) is 5.88. The van der Waals surface area contributed by atoms with Gasteiger partial charge in [0.25, 0.3) is 0 Å². The van der Waals surface area contributed by atoms with E-state index in [2.05, 4.69) is 6.92 Å². The van der Waals surface area contributed by atoms with E-state index >= 15 is 0 Å². The monoisotopic (exact) mass is 280 g/mol. The number of rotatable bonds is 4. The minimum atomic E-state index is -0.895. The summed E-state index contributed by atoms with van der Waals surface area (Å²) in [6.45, 7) is 2.08. The quantitative estimate of drug-likeness (QED) is 0.805. The highest BCUT2D eigenvalue weighted by molar-refractivity contribution is 6.40. The van der Waals surface area contributed by atoms with Crippen LogP contribution in [0.15, 0.2) is 10.1 Å². The summed E-state index contributed by atoms with van der Waals surface area (Å²) in [4.78, 5) is 0. The third kappa shape index (κ3) is 1.60. The minimum absolute atomic E-state index is 0.0555. The summed E-state index contributed by atoms with van der Waals surface area (Å²) in [5.74, 6) is -1.37. The van der Waals surface area contributed by atoms with Crippen molar-refractivity contribution in [1.29, 1.82) is 0 Å². The van der Waals surface area contributed by atoms with Crippen molar-refractivity contribution in [2.75, 3.05) is 14.2 Å². The minimum Gasteiger partial charge on any atom is -0.392 e. The fraction of sp³-hybridized carbons (Fsp3) is 0.833. The van der Waals surface area contributed by atoms with Gasteiger partial charge in [-0.25, -0.2) is 0 Å². The second-order valence-electron chi connectivity index (χ2n) is 4.72. The van der Waals surface area contributed by atoms with Gasteiger partial charge in [0, 0.05) is 24.3 Å². The van der Waals surface area contributed by atoms with Crippen molar-refractivity contribution in [2.24, 2.45) is 17.8 Å². The van der Waals surface area contributed by atoms with Gasteiger partial charge in [-0.2, -0.15) is 0 Å². The molecule has 0 aromatic heterocycles. The topological polar surface area (TPSA) is 38.7 Å². The van der Waals surface area contributed by atoms with Gasteiger partial charge in [-0.3, -0.25) is 0 Å². The molecule has 98 valence electrons. The zero-order valence-electron chi connectivity index (χ0n) is 10.2. The molecule has 2 aliphatic carbocycles. The predicted octanol–water partition coefficient (Wildman–Crippen LogP) is 2.70. The van der Waals surface area contributed by atoms with E-state index in [9.17, 15) is 5.11 Å². The van der Waals surface area contributed by atoms with Gasteiger partial charge in [-0.05, 0) is 12.3 Å². The first kappa shape index (κ1) is 13.6. The van der Waals surface area contributed by atoms with Crippen LogP contribution in [0.5, 0.6) is 0 Å². The number of aliphatic hydroxyl groups is 1. The molecule has 0 heterocycles. The molecule has 0 amide bonds. The van der Waals surface area contributed by atoms with Crippen molar-refractivity contribution in [2.45, 2.75) is 31.7 Å². The Bertz CT molecular complexity index is 339. The van der Waals surface area contributed by atoms with Gasteiger partial charge in [0.05, 0.1) is 17.9 Å². The molecule has 0 unspecified atom stereocenters. The SMILES string of the molecule is CCC[C@@H]1[C@H](O)[C@@H]2C(Cl)=C(Cl)[C@H]1C2(OC)OC. The fourth-order valence-corrected chi connectivity index (χ4v) is 4.25. The van der Waals surface area contributed by atoms with E-state index in [-0.39, 0.29) is 17.8 Å². The maximum Gasteiger partial charge on any atom is 0.185 e. The van der Waals surface area contributed by atoms with E-state index < -0.39 is 11.9 Å². The lowest BCUT2D eigenvalue weighted by atomic mass is 9.87. The Morgan fingerprint density at radius 1 is 1.18 bits per heavy atom. The third-order valence-electron chi connectivity index (χ3n) is 4.11. The van der Waals surface area contributed by atoms with Crippen LogP contribution < -0.4 is 0 Å². The molecule has 0 radical (unpaired) electrons. The maximum atomic E-state index is 10.4. The number of hydrogen-bond donors (Lipinski definition) is 1. The van der Waals surface area contributed by atoms with Crippen molar-refractivity contribution < 1.29 is 14.6 Å². The highest BCUT2D eigenvalue weighted by Gasteiger charge is 2.68. The van der Waals surface area contributed by atoms with Crippen LogP contribution in [0, 0.1) is 17.8 Å². The van der Waals surface area contributed by atoms with Crippen LogP contribution in [0.1, 0.15) is 19.8 Å². The van der Waals surface area contributed by atoms with E-state index in [0.29, 0.717) is 10.1 Å². The Balaban J connectivity index is 2.44. The summed E-state index contributed by atoms with van der Waals surface area (Å²) in [5.41, 5.74) is 0. The molecule has 1 saturated carbocycles. The Morgan fingerprint density at radius 3 is 2.12 bits per heavy atom. The fourth-order valence-electron chi connectivity index (χ4n) is 3.42. The molecule has 4 atom stereocenters. The van der Waals surface area contributed by atoms with Crippen molar-refractivity contribution in [1.82, 2.24) is 0 Å². The summed E-state index contributed by atoms with van der Waals surface area (Å²) in [7, 11) is 3.15. The van der Waals surface area contributed by atoms with Gasteiger partial charge in [0.15, 0.2) is 5.79 Å². The first-order valence-corrected chi connectivity index (χ1v) is 6.64. The summed E-state index contributed by atoms with van der Waals surface area (Å²) in [6, 6.07) is 0. The Morgan fingerprint density at radius 2 is 1.71 bits per heavy atom. The third-order valence-corrected chi connectivity index (χ3v) is 5.08. The van der Waals surface area contributed by atoms with Gasteiger partial charge >= 0.3 is 0 Å². The maximum absolute atomic E-state index is 10.4. The van der Waals surface area contributed by atoms with Crippen molar-refractivity contribution >= 4 is 23.2 Å². The number of fused-ring (bicyclic) bond motifs is 2. The lowest BCUT2D eigenvalue weighted by Gasteiger charge is -2.32. The second kappa shape index (κ2) is 4.71. The van der Waals surface area contributed by atoms with Crippen molar-refractivity contribution in [3.8, 4) is 0 Å². The number of hydrogen-bond acceptors (Lipinski definition) is 3. The lowest BCUT2D eigenvalue weighted by Crippen LogP contribution is -2.42. The molecule has 0 spiro atoms. The van der Waals surface area contributed by atoms with Crippen LogP contribution in [0.3, 0.4) is 0 Å². The van der Waals surface area contributed by atoms with Crippen molar-refractivity contribution in [3.63, 3.8) is 0 Å². The van der Waals surface area contributed by atoms with Crippen LogP contribution in [0.4, 0.5) is 0 Å². The molecule has 1 N–H and O–H groups in total. The van der Waals surface area contributed by atoms with Gasteiger partial charge in [0.1, 0.15) is 0 Å². The lowest BCUT2D eigenvalue weighted by molar-refractivity contribution is -0.236. The van der Waals surface area contributed by atoms with E-state index in [0.717, 1.165) is 12.8 Å². The van der Waals surface area contributed by atoms with Gasteiger partial charge < -0.3 is 14.6 Å². The molecule has 0 aromatic carbocycles. The van der Waals surface area contributed by atoms with E-state index in [4.69, 9.17) is 32.7 Å². The molecular weight excluding hydrogens is 263 g/mol. The standard InChI is InChI=1S/C12H18Cl2O3/c1-4-5-6-7-9(13)10(14)8(11(6)15)12(7,16-2)17-3/h6-8,11,15H,4-5H2,1-3H3/t6-,7-,8-,11-/m0/s1.